The summed E-state index contributed by atoms with van der Waals surface area (Å²) in [6, 6.07) is 0.0258. The van der Waals surface area contributed by atoms with E-state index in [9.17, 15) is 4.79 Å². The first-order valence-electron chi connectivity index (χ1n) is 4.81. The molecule has 0 aromatic rings. The number of likely N-dealkylation sites (N-methyl/N-ethyl adjacent to an activating group) is 1. The summed E-state index contributed by atoms with van der Waals surface area (Å²) in [4.78, 5) is 11.0. The number of nitrogens with one attached hydrogen (secondary N) is 2. The summed E-state index contributed by atoms with van der Waals surface area (Å²) >= 11 is 0. The molecule has 0 aromatic carbocycles. The first kappa shape index (κ1) is 20.1. The molecule has 0 fully saturated rings. The Morgan fingerprint density at radius 1 is 1.33 bits per heavy atom. The summed E-state index contributed by atoms with van der Waals surface area (Å²) in [6.45, 7) is 2.56. The Hall–Kier alpha value is -0.345. The number of hydrogen-bond donors (Lipinski definition) is 2. The predicted molar refractivity (Wildman–Crippen MR) is 69.5 cm³/mol. The van der Waals surface area contributed by atoms with Gasteiger partial charge in [-0.25, -0.2) is 0 Å². The second kappa shape index (κ2) is 13.7. The molecule has 2 radical (unpaired) electrons. The molecule has 1 atom stereocenters. The van der Waals surface area contributed by atoms with E-state index in [1.165, 1.54) is 0 Å². The molecule has 2 N–H and O–H groups in total. The maximum Gasteiger partial charge on any atom is 0.146 e. The fourth-order valence-electron chi connectivity index (χ4n) is 1.25. The average Bonchev–Trinajstić information content (AvgIpc) is 2.10. The summed E-state index contributed by atoms with van der Waals surface area (Å²) in [5.41, 5.74) is 0. The minimum Gasteiger partial charge on any atom is -0.325 e. The molecular formula is C11H27BN2O. The lowest BCUT2D eigenvalue weighted by Crippen LogP contribution is -2.32. The predicted octanol–water partition coefficient (Wildman–Crippen LogP) is 1.32. The van der Waals surface area contributed by atoms with Gasteiger partial charge in [0.05, 0.1) is 13.9 Å². The third-order valence-electron chi connectivity index (χ3n) is 2.08. The molecular weight excluding hydrogens is 187 g/mol. The van der Waals surface area contributed by atoms with Crippen molar-refractivity contribution in [2.45, 2.75) is 47.1 Å². The Labute approximate surface area is 96.8 Å². The van der Waals surface area contributed by atoms with Gasteiger partial charge in [0.25, 0.3) is 0 Å². The Morgan fingerprint density at radius 3 is 2.33 bits per heavy atom. The molecule has 0 saturated heterocycles. The molecule has 0 aliphatic carbocycles. The van der Waals surface area contributed by atoms with Crippen molar-refractivity contribution in [2.75, 3.05) is 20.0 Å². The Morgan fingerprint density at radius 2 is 1.93 bits per heavy atom. The first-order chi connectivity index (χ1) is 6.22. The lowest BCUT2D eigenvalue weighted by atomic mass is 10.1. The van der Waals surface area contributed by atoms with Gasteiger partial charge >= 0.3 is 0 Å². The summed E-state index contributed by atoms with van der Waals surface area (Å²) in [7, 11) is 7.09. The van der Waals surface area contributed by atoms with Gasteiger partial charge in [-0.1, -0.05) is 21.3 Å². The van der Waals surface area contributed by atoms with Crippen LogP contribution in [0.4, 0.5) is 0 Å². The standard InChI is InChI=1S/C9H19BN2O.2CH4/c1-8(13)9(11-2)5-3-4-6-12-7-10;;/h9,11-12H,3-7H2,1-2H3;2*1H4/t9-;;/m0../s1. The Bertz CT molecular complexity index is 143. The van der Waals surface area contributed by atoms with Crippen molar-refractivity contribution < 1.29 is 4.79 Å². The number of carbonyl (C=O) groups excluding carboxylic acids is 1. The zero-order valence-corrected chi connectivity index (χ0v) is 8.60. The highest BCUT2D eigenvalue weighted by Gasteiger charge is 2.09. The summed E-state index contributed by atoms with van der Waals surface area (Å²) in [5, 5.41) is 6.04. The summed E-state index contributed by atoms with van der Waals surface area (Å²) < 4.78 is 0. The van der Waals surface area contributed by atoms with Gasteiger partial charge in [-0.05, 0) is 39.8 Å². The number of hydrogen-bond acceptors (Lipinski definition) is 3. The van der Waals surface area contributed by atoms with Crippen LogP contribution < -0.4 is 10.6 Å². The Balaban J connectivity index is -0.000000720. The van der Waals surface area contributed by atoms with E-state index in [0.29, 0.717) is 6.44 Å². The molecule has 0 aromatic heterocycles. The maximum atomic E-state index is 11.0. The molecule has 90 valence electrons. The average molecular weight is 214 g/mol. The van der Waals surface area contributed by atoms with Gasteiger partial charge in [-0.15, -0.1) is 0 Å². The molecule has 0 spiro atoms. The molecule has 0 heterocycles. The van der Waals surface area contributed by atoms with Crippen LogP contribution in [0.15, 0.2) is 0 Å². The zero-order chi connectivity index (χ0) is 10.1. The summed E-state index contributed by atoms with van der Waals surface area (Å²) in [6.07, 6.45) is 3.57. The van der Waals surface area contributed by atoms with Crippen LogP contribution in [0.25, 0.3) is 0 Å². The van der Waals surface area contributed by atoms with Gasteiger partial charge in [0.15, 0.2) is 0 Å². The number of rotatable bonds is 8. The van der Waals surface area contributed by atoms with Crippen molar-refractivity contribution in [3.63, 3.8) is 0 Å². The fourth-order valence-corrected chi connectivity index (χ4v) is 1.25. The van der Waals surface area contributed by atoms with E-state index in [2.05, 4.69) is 10.6 Å². The van der Waals surface area contributed by atoms with Crippen LogP contribution in [0.3, 0.4) is 0 Å². The van der Waals surface area contributed by atoms with E-state index < -0.39 is 0 Å². The molecule has 0 aliphatic rings. The van der Waals surface area contributed by atoms with Gasteiger partial charge in [-0.2, -0.15) is 0 Å². The largest absolute Gasteiger partial charge is 0.325 e. The monoisotopic (exact) mass is 214 g/mol. The fraction of sp³-hybridized carbons (Fsp3) is 0.909. The van der Waals surface area contributed by atoms with E-state index in [1.807, 2.05) is 7.05 Å². The molecule has 15 heavy (non-hydrogen) atoms. The van der Waals surface area contributed by atoms with E-state index in [4.69, 9.17) is 7.85 Å². The number of carbonyl (C=O) groups is 1. The van der Waals surface area contributed by atoms with Gasteiger partial charge in [0, 0.05) is 0 Å². The van der Waals surface area contributed by atoms with E-state index in [-0.39, 0.29) is 26.7 Å². The van der Waals surface area contributed by atoms with Crippen molar-refractivity contribution in [1.29, 1.82) is 0 Å². The van der Waals surface area contributed by atoms with Crippen molar-refractivity contribution in [3.8, 4) is 0 Å². The molecule has 0 unspecified atom stereocenters. The van der Waals surface area contributed by atoms with Gasteiger partial charge in [-0.3, -0.25) is 4.79 Å². The highest BCUT2D eigenvalue weighted by atomic mass is 16.1. The second-order valence-electron chi connectivity index (χ2n) is 3.15. The minimum absolute atomic E-state index is 0. The molecule has 3 nitrogen and oxygen atoms in total. The third-order valence-corrected chi connectivity index (χ3v) is 2.08. The minimum atomic E-state index is 0. The lowest BCUT2D eigenvalue weighted by molar-refractivity contribution is -0.119. The molecule has 0 bridgehead atoms. The smallest absolute Gasteiger partial charge is 0.146 e. The maximum absolute atomic E-state index is 11.0. The third kappa shape index (κ3) is 11.6. The molecule has 0 amide bonds. The lowest BCUT2D eigenvalue weighted by Gasteiger charge is -2.11. The van der Waals surface area contributed by atoms with Crippen molar-refractivity contribution >= 4 is 13.6 Å². The van der Waals surface area contributed by atoms with Crippen LogP contribution in [-0.4, -0.2) is 39.7 Å². The molecule has 0 saturated carbocycles. The van der Waals surface area contributed by atoms with E-state index in [1.54, 1.807) is 6.92 Å². The number of Topliss-reactive ketones (excluding diaryl/α,β-unsaturated/α-hetero) is 1. The van der Waals surface area contributed by atoms with Crippen LogP contribution in [0, 0.1) is 0 Å². The molecule has 0 rings (SSSR count). The van der Waals surface area contributed by atoms with E-state index >= 15 is 0 Å². The SMILES string of the molecule is C.C.[B]CNCCCC[C@H](NC)C(C)=O. The van der Waals surface area contributed by atoms with E-state index in [0.717, 1.165) is 25.8 Å². The first-order valence-corrected chi connectivity index (χ1v) is 4.81. The topological polar surface area (TPSA) is 41.1 Å². The van der Waals surface area contributed by atoms with Crippen molar-refractivity contribution in [2.24, 2.45) is 0 Å². The zero-order valence-electron chi connectivity index (χ0n) is 8.60. The van der Waals surface area contributed by atoms with Crippen LogP contribution in [-0.2, 0) is 4.79 Å². The molecule has 0 aliphatic heterocycles. The number of unbranched alkanes of at least 4 members (excludes halogenated alkanes) is 1. The summed E-state index contributed by atoms with van der Waals surface area (Å²) in [5.74, 6) is 0.217. The quantitative estimate of drug-likeness (QED) is 0.473. The molecule has 4 heteroatoms. The van der Waals surface area contributed by atoms with Crippen molar-refractivity contribution in [3.05, 3.63) is 0 Å². The van der Waals surface area contributed by atoms with Crippen LogP contribution in [0.1, 0.15) is 41.0 Å². The highest BCUT2D eigenvalue weighted by Crippen LogP contribution is 2.00. The van der Waals surface area contributed by atoms with Crippen molar-refractivity contribution in [1.82, 2.24) is 10.6 Å². The van der Waals surface area contributed by atoms with Crippen LogP contribution >= 0.6 is 0 Å². The normalized spacial score (nSPS) is 11.1. The number of ketones is 1. The van der Waals surface area contributed by atoms with Gasteiger partial charge in [0.1, 0.15) is 5.78 Å². The van der Waals surface area contributed by atoms with Gasteiger partial charge < -0.3 is 10.6 Å². The van der Waals surface area contributed by atoms with Crippen LogP contribution in [0.2, 0.25) is 0 Å². The second-order valence-corrected chi connectivity index (χ2v) is 3.15. The van der Waals surface area contributed by atoms with Gasteiger partial charge in [0.2, 0.25) is 0 Å². The Kier molecular flexibility index (Phi) is 18.3. The van der Waals surface area contributed by atoms with Crippen LogP contribution in [0.5, 0.6) is 0 Å². The highest BCUT2D eigenvalue weighted by molar-refractivity contribution is 6.08.